The summed E-state index contributed by atoms with van der Waals surface area (Å²) in [7, 11) is 0. The van der Waals surface area contributed by atoms with E-state index in [-0.39, 0.29) is 10.1 Å². The molecule has 0 fully saturated rings. The Morgan fingerprint density at radius 2 is 0.615 bits per heavy atom. The third kappa shape index (κ3) is 2.57. The molecule has 0 N–H and O–H groups in total. The van der Waals surface area contributed by atoms with Gasteiger partial charge in [0.1, 0.15) is 0 Å². The van der Waals surface area contributed by atoms with E-state index in [1.54, 1.807) is 0 Å². The Morgan fingerprint density at radius 3 is 0.769 bits per heavy atom. The number of halogens is 4. The molecule has 0 radical (unpaired) electrons. The van der Waals surface area contributed by atoms with Crippen LogP contribution in [-0.2, 0) is 0 Å². The lowest BCUT2D eigenvalue weighted by Crippen LogP contribution is -2.60. The zero-order valence-corrected chi connectivity index (χ0v) is 25.9. The van der Waals surface area contributed by atoms with E-state index in [4.69, 9.17) is 0 Å². The van der Waals surface area contributed by atoms with Crippen LogP contribution in [0.25, 0.3) is 0 Å². The highest BCUT2D eigenvalue weighted by molar-refractivity contribution is 9.66. The van der Waals surface area contributed by atoms with Gasteiger partial charge in [-0.25, -0.2) is 0 Å². The second-order valence-electron chi connectivity index (χ2n) is 8.40. The van der Waals surface area contributed by atoms with Crippen molar-refractivity contribution in [3.05, 3.63) is 44.6 Å². The normalized spacial score (nSPS) is 23.8. The summed E-state index contributed by atoms with van der Waals surface area (Å²) in [5.74, 6) is 0. The summed E-state index contributed by atoms with van der Waals surface area (Å²) >= 11 is 17.5. The summed E-state index contributed by atoms with van der Waals surface area (Å²) in [5, 5.41) is 0.0444. The van der Waals surface area contributed by atoms with Gasteiger partial charge < -0.3 is 0 Å². The predicted octanol–water partition coefficient (Wildman–Crippen LogP) is 9.42. The molecule has 0 aromatic carbocycles. The van der Waals surface area contributed by atoms with Crippen LogP contribution < -0.4 is 0 Å². The molecule has 0 aromatic heterocycles. The van der Waals surface area contributed by atoms with E-state index >= 15 is 0 Å². The van der Waals surface area contributed by atoms with Crippen LogP contribution >= 0.6 is 61.2 Å². The summed E-state index contributed by atoms with van der Waals surface area (Å²) < 4.78 is 0. The van der Waals surface area contributed by atoms with Crippen molar-refractivity contribution in [2.75, 3.05) is 0 Å². The van der Waals surface area contributed by atoms with Crippen molar-refractivity contribution in [3.63, 3.8) is 0 Å². The van der Waals surface area contributed by atoms with Crippen LogP contribution in [0.3, 0.4) is 0 Å². The van der Waals surface area contributed by atoms with Gasteiger partial charge in [0.05, 0.1) is 0 Å². The maximum atomic E-state index is 4.37. The standard InChI is InChI=1S/C20H30Br4Si2/c1-11-12(2)16(6)19(9,15(11)5)25(21,22)26(23,24)20(10)17(7)13(3)14(4)18(20)8/h1-10H3. The maximum Gasteiger partial charge on any atom is 0.230 e. The molecule has 0 unspecified atom stereocenters. The first-order valence-electron chi connectivity index (χ1n) is 9.01. The first-order valence-corrected chi connectivity index (χ1v) is 23.0. The van der Waals surface area contributed by atoms with Crippen LogP contribution in [-0.4, -0.2) is 9.66 Å². The monoisotopic (exact) mass is 642 g/mol. The molecule has 0 saturated carbocycles. The molecule has 2 aliphatic carbocycles. The minimum Gasteiger partial charge on any atom is -0.111 e. The van der Waals surface area contributed by atoms with E-state index in [2.05, 4.69) is 130 Å². The Bertz CT molecular complexity index is 694. The fourth-order valence-corrected chi connectivity index (χ4v) is 36.1. The van der Waals surface area contributed by atoms with Gasteiger partial charge in [-0.3, -0.25) is 0 Å². The van der Waals surface area contributed by atoms with Crippen molar-refractivity contribution in [2.45, 2.75) is 79.3 Å². The van der Waals surface area contributed by atoms with E-state index in [1.807, 2.05) is 0 Å². The molecule has 0 aromatic rings. The highest BCUT2D eigenvalue weighted by atomic mass is 79.9. The van der Waals surface area contributed by atoms with Crippen molar-refractivity contribution in [1.82, 2.24) is 0 Å². The number of hydrogen-bond acceptors (Lipinski definition) is 0. The molecule has 2 rings (SSSR count). The number of allylic oxidation sites excluding steroid dienone is 8. The fraction of sp³-hybridized carbons (Fsp3) is 0.600. The molecule has 146 valence electrons. The van der Waals surface area contributed by atoms with Gasteiger partial charge in [-0.15, -0.1) is 61.2 Å². The van der Waals surface area contributed by atoms with Gasteiger partial charge in [-0.1, -0.05) is 36.1 Å². The van der Waals surface area contributed by atoms with Gasteiger partial charge in [-0.05, 0) is 77.7 Å². The molecule has 0 saturated heterocycles. The first-order chi connectivity index (χ1) is 11.5. The quantitative estimate of drug-likeness (QED) is 0.212. The summed E-state index contributed by atoms with van der Waals surface area (Å²) in [5.41, 5.74) is 11.8. The molecule has 0 aliphatic heterocycles. The van der Waals surface area contributed by atoms with Gasteiger partial charge in [0, 0.05) is 10.1 Å². The van der Waals surface area contributed by atoms with E-state index < -0.39 is 9.66 Å². The van der Waals surface area contributed by atoms with Crippen LogP contribution in [0.1, 0.15) is 69.2 Å². The van der Waals surface area contributed by atoms with E-state index in [1.165, 1.54) is 44.6 Å². The van der Waals surface area contributed by atoms with E-state index in [0.29, 0.717) is 0 Å². The molecule has 26 heavy (non-hydrogen) atoms. The lowest BCUT2D eigenvalue weighted by molar-refractivity contribution is 0.810. The Balaban J connectivity index is 2.78. The zero-order valence-electron chi connectivity index (χ0n) is 17.5. The molecular formula is C20H30Br4Si2. The van der Waals surface area contributed by atoms with Gasteiger partial charge in [-0.2, -0.15) is 0 Å². The SMILES string of the molecule is CC1=C(C)C(C)([Si](Br)(Br)[Si](Br)(Br)C2(C)C(C)=C(C)C(C)=C2C)C(C)=C1C. The molecule has 0 spiro atoms. The smallest absolute Gasteiger partial charge is 0.111 e. The van der Waals surface area contributed by atoms with Gasteiger partial charge in [0.2, 0.25) is 9.66 Å². The molecule has 6 heteroatoms. The van der Waals surface area contributed by atoms with Crippen molar-refractivity contribution in [3.8, 4) is 0 Å². The Morgan fingerprint density at radius 1 is 0.462 bits per heavy atom. The minimum atomic E-state index is -2.20. The lowest BCUT2D eigenvalue weighted by Gasteiger charge is -2.52. The Hall–Kier alpha value is 1.31. The largest absolute Gasteiger partial charge is 0.230 e. The minimum absolute atomic E-state index is 0.0222. The molecule has 2 aliphatic rings. The van der Waals surface area contributed by atoms with Crippen molar-refractivity contribution in [1.29, 1.82) is 0 Å². The molecule has 0 amide bonds. The van der Waals surface area contributed by atoms with Crippen molar-refractivity contribution < 1.29 is 0 Å². The molecule has 0 heterocycles. The topological polar surface area (TPSA) is 0 Å². The van der Waals surface area contributed by atoms with Crippen LogP contribution in [0, 0.1) is 0 Å². The van der Waals surface area contributed by atoms with Gasteiger partial charge in [0.15, 0.2) is 0 Å². The van der Waals surface area contributed by atoms with Gasteiger partial charge in [0.25, 0.3) is 0 Å². The average Bonchev–Trinajstić information content (AvgIpc) is 2.83. The Kier molecular flexibility index (Phi) is 6.29. The summed E-state index contributed by atoms with van der Waals surface area (Å²) in [6, 6.07) is 0. The molecule has 0 bridgehead atoms. The average molecular weight is 646 g/mol. The van der Waals surface area contributed by atoms with Crippen LogP contribution in [0.15, 0.2) is 44.6 Å². The number of hydrogen-bond donors (Lipinski definition) is 0. The molecule has 0 atom stereocenters. The molecular weight excluding hydrogens is 616 g/mol. The molecule has 0 nitrogen and oxygen atoms in total. The third-order valence-electron chi connectivity index (χ3n) is 8.03. The van der Waals surface area contributed by atoms with Crippen molar-refractivity contribution >= 4 is 70.8 Å². The van der Waals surface area contributed by atoms with Crippen molar-refractivity contribution in [2.24, 2.45) is 0 Å². The second-order valence-corrected chi connectivity index (χ2v) is 46.6. The van der Waals surface area contributed by atoms with Crippen LogP contribution in [0.5, 0.6) is 0 Å². The third-order valence-corrected chi connectivity index (χ3v) is 68.3. The zero-order chi connectivity index (χ0) is 20.6. The summed E-state index contributed by atoms with van der Waals surface area (Å²) in [4.78, 5) is -4.40. The first kappa shape index (κ1) is 23.6. The highest BCUT2D eigenvalue weighted by Crippen LogP contribution is 2.73. The predicted molar refractivity (Wildman–Crippen MR) is 137 cm³/mol. The summed E-state index contributed by atoms with van der Waals surface area (Å²) in [6.07, 6.45) is 0. The van der Waals surface area contributed by atoms with Gasteiger partial charge >= 0.3 is 0 Å². The lowest BCUT2D eigenvalue weighted by atomic mass is 9.98. The summed E-state index contributed by atoms with van der Waals surface area (Å²) in [6.45, 7) is 23.3. The fourth-order valence-electron chi connectivity index (χ4n) is 4.76. The van der Waals surface area contributed by atoms with E-state index in [9.17, 15) is 0 Å². The van der Waals surface area contributed by atoms with Crippen LogP contribution in [0.4, 0.5) is 0 Å². The Labute approximate surface area is 193 Å². The number of rotatable bonds is 3. The highest BCUT2D eigenvalue weighted by Gasteiger charge is 2.71. The second kappa shape index (κ2) is 6.93. The van der Waals surface area contributed by atoms with E-state index in [0.717, 1.165) is 0 Å². The van der Waals surface area contributed by atoms with Crippen LogP contribution in [0.2, 0.25) is 10.1 Å². The maximum absolute atomic E-state index is 4.37.